The second-order valence-electron chi connectivity index (χ2n) is 5.63. The summed E-state index contributed by atoms with van der Waals surface area (Å²) in [4.78, 5) is 11.7. The molecule has 0 aliphatic carbocycles. The highest BCUT2D eigenvalue weighted by Crippen LogP contribution is 2.21. The van der Waals surface area contributed by atoms with E-state index in [1.807, 2.05) is 32.9 Å². The summed E-state index contributed by atoms with van der Waals surface area (Å²) in [5, 5.41) is 12.9. The first-order chi connectivity index (χ1) is 8.81. The molecule has 1 rings (SSSR count). The molecule has 1 aromatic carbocycles. The van der Waals surface area contributed by atoms with Crippen molar-refractivity contribution in [2.45, 2.75) is 45.3 Å². The Morgan fingerprint density at radius 3 is 2.37 bits per heavy atom. The van der Waals surface area contributed by atoms with E-state index >= 15 is 0 Å². The van der Waals surface area contributed by atoms with Crippen LogP contribution in [0, 0.1) is 0 Å². The van der Waals surface area contributed by atoms with Crippen LogP contribution < -0.4 is 10.1 Å². The molecule has 4 nitrogen and oxygen atoms in total. The average Bonchev–Trinajstić information content (AvgIpc) is 2.34. The maximum absolute atomic E-state index is 11.7. The molecule has 4 heteroatoms. The lowest BCUT2D eigenvalue weighted by Crippen LogP contribution is -2.40. The fraction of sp³-hybridized carbons (Fsp3) is 0.533. The van der Waals surface area contributed by atoms with Gasteiger partial charge in [-0.2, -0.15) is 0 Å². The lowest BCUT2D eigenvalue weighted by atomic mass is 10.0. The second-order valence-corrected chi connectivity index (χ2v) is 5.63. The van der Waals surface area contributed by atoms with Crippen LogP contribution in [-0.4, -0.2) is 23.7 Å². The molecular formula is C15H23NO3. The van der Waals surface area contributed by atoms with Crippen molar-refractivity contribution in [3.63, 3.8) is 0 Å². The van der Waals surface area contributed by atoms with Crippen LogP contribution in [0.1, 0.15) is 45.3 Å². The molecule has 0 aromatic heterocycles. The molecule has 1 amide bonds. The van der Waals surface area contributed by atoms with Gasteiger partial charge in [-0.25, -0.2) is 0 Å². The van der Waals surface area contributed by atoms with E-state index in [0.29, 0.717) is 12.8 Å². The summed E-state index contributed by atoms with van der Waals surface area (Å²) in [6.45, 7) is 5.81. The molecule has 1 unspecified atom stereocenters. The SMILES string of the molecule is COc1ccc(C(O)CCC(=O)NC(C)(C)C)cc1. The molecular weight excluding hydrogens is 242 g/mol. The van der Waals surface area contributed by atoms with E-state index in [0.717, 1.165) is 11.3 Å². The molecule has 2 N–H and O–H groups in total. The van der Waals surface area contributed by atoms with Crippen molar-refractivity contribution in [1.29, 1.82) is 0 Å². The number of amides is 1. The lowest BCUT2D eigenvalue weighted by molar-refractivity contribution is -0.123. The second kappa shape index (κ2) is 6.57. The van der Waals surface area contributed by atoms with Crippen LogP contribution in [0.2, 0.25) is 0 Å². The zero-order valence-corrected chi connectivity index (χ0v) is 12.1. The van der Waals surface area contributed by atoms with Gasteiger partial charge < -0.3 is 15.2 Å². The number of nitrogens with one attached hydrogen (secondary N) is 1. The predicted molar refractivity (Wildman–Crippen MR) is 75.1 cm³/mol. The van der Waals surface area contributed by atoms with Gasteiger partial charge >= 0.3 is 0 Å². The number of hydrogen-bond acceptors (Lipinski definition) is 3. The maximum atomic E-state index is 11.7. The number of methoxy groups -OCH3 is 1. The summed E-state index contributed by atoms with van der Waals surface area (Å²) in [7, 11) is 1.60. The molecule has 0 saturated carbocycles. The molecule has 0 aliphatic rings. The van der Waals surface area contributed by atoms with Crippen molar-refractivity contribution in [1.82, 2.24) is 5.32 Å². The quantitative estimate of drug-likeness (QED) is 0.859. The standard InChI is InChI=1S/C15H23NO3/c1-15(2,3)16-14(18)10-9-13(17)11-5-7-12(19-4)8-6-11/h5-8,13,17H,9-10H2,1-4H3,(H,16,18). The highest BCUT2D eigenvalue weighted by Gasteiger charge is 2.15. The number of carbonyl (C=O) groups excluding carboxylic acids is 1. The molecule has 0 aliphatic heterocycles. The minimum atomic E-state index is -0.628. The third-order valence-corrected chi connectivity index (χ3v) is 2.66. The topological polar surface area (TPSA) is 58.6 Å². The predicted octanol–water partition coefficient (Wildman–Crippen LogP) is 2.42. The summed E-state index contributed by atoms with van der Waals surface area (Å²) < 4.78 is 5.06. The highest BCUT2D eigenvalue weighted by atomic mass is 16.5. The Hall–Kier alpha value is -1.55. The first-order valence-electron chi connectivity index (χ1n) is 6.45. The van der Waals surface area contributed by atoms with Crippen LogP contribution in [0.15, 0.2) is 24.3 Å². The van der Waals surface area contributed by atoms with Crippen LogP contribution in [0.25, 0.3) is 0 Å². The lowest BCUT2D eigenvalue weighted by Gasteiger charge is -2.21. The zero-order valence-electron chi connectivity index (χ0n) is 12.1. The van der Waals surface area contributed by atoms with Gasteiger partial charge in [-0.05, 0) is 44.9 Å². The van der Waals surface area contributed by atoms with Gasteiger partial charge in [0.2, 0.25) is 5.91 Å². The fourth-order valence-electron chi connectivity index (χ4n) is 1.74. The molecule has 1 aromatic rings. The van der Waals surface area contributed by atoms with E-state index in [-0.39, 0.29) is 11.4 Å². The summed E-state index contributed by atoms with van der Waals surface area (Å²) in [6.07, 6.45) is 0.0928. The van der Waals surface area contributed by atoms with Crippen molar-refractivity contribution in [2.24, 2.45) is 0 Å². The summed E-state index contributed by atoms with van der Waals surface area (Å²) >= 11 is 0. The van der Waals surface area contributed by atoms with Gasteiger partial charge in [0.25, 0.3) is 0 Å². The number of carbonyl (C=O) groups is 1. The Morgan fingerprint density at radius 2 is 1.89 bits per heavy atom. The van der Waals surface area contributed by atoms with Gasteiger partial charge in [0.1, 0.15) is 5.75 Å². The average molecular weight is 265 g/mol. The normalized spacial score (nSPS) is 12.9. The monoisotopic (exact) mass is 265 g/mol. The number of rotatable bonds is 5. The van der Waals surface area contributed by atoms with Crippen LogP contribution in [0.5, 0.6) is 5.75 Å². The van der Waals surface area contributed by atoms with E-state index < -0.39 is 6.10 Å². The van der Waals surface area contributed by atoms with Gasteiger partial charge in [-0.1, -0.05) is 12.1 Å². The third kappa shape index (κ3) is 5.75. The summed E-state index contributed by atoms with van der Waals surface area (Å²) in [5.41, 5.74) is 0.562. The summed E-state index contributed by atoms with van der Waals surface area (Å²) in [5.74, 6) is 0.710. The Balaban J connectivity index is 2.46. The van der Waals surface area contributed by atoms with Crippen molar-refractivity contribution < 1.29 is 14.6 Å². The first kappa shape index (κ1) is 15.5. The Kier molecular flexibility index (Phi) is 5.36. The molecule has 1 atom stereocenters. The molecule has 0 bridgehead atoms. The first-order valence-corrected chi connectivity index (χ1v) is 6.45. The number of hydrogen-bond donors (Lipinski definition) is 2. The largest absolute Gasteiger partial charge is 0.497 e. The molecule has 106 valence electrons. The number of benzene rings is 1. The minimum Gasteiger partial charge on any atom is -0.497 e. The number of ether oxygens (including phenoxy) is 1. The number of aliphatic hydroxyl groups is 1. The van der Waals surface area contributed by atoms with E-state index in [1.165, 1.54) is 0 Å². The molecule has 0 radical (unpaired) electrons. The maximum Gasteiger partial charge on any atom is 0.220 e. The van der Waals surface area contributed by atoms with Gasteiger partial charge in [-0.15, -0.1) is 0 Å². The van der Waals surface area contributed by atoms with Gasteiger partial charge in [0.15, 0.2) is 0 Å². The smallest absolute Gasteiger partial charge is 0.220 e. The molecule has 0 spiro atoms. The van der Waals surface area contributed by atoms with Gasteiger partial charge in [-0.3, -0.25) is 4.79 Å². The molecule has 0 heterocycles. The highest BCUT2D eigenvalue weighted by molar-refractivity contribution is 5.76. The van der Waals surface area contributed by atoms with Crippen molar-refractivity contribution >= 4 is 5.91 Å². The van der Waals surface area contributed by atoms with Crippen LogP contribution in [0.3, 0.4) is 0 Å². The third-order valence-electron chi connectivity index (χ3n) is 2.66. The van der Waals surface area contributed by atoms with E-state index in [2.05, 4.69) is 5.32 Å². The zero-order chi connectivity index (χ0) is 14.5. The van der Waals surface area contributed by atoms with Crippen LogP contribution in [-0.2, 0) is 4.79 Å². The molecule has 0 fully saturated rings. The van der Waals surface area contributed by atoms with Gasteiger partial charge in [0, 0.05) is 12.0 Å². The Morgan fingerprint density at radius 1 is 1.32 bits per heavy atom. The van der Waals surface area contributed by atoms with Crippen molar-refractivity contribution in [3.05, 3.63) is 29.8 Å². The van der Waals surface area contributed by atoms with E-state index in [9.17, 15) is 9.90 Å². The number of aliphatic hydroxyl groups excluding tert-OH is 1. The summed E-state index contributed by atoms with van der Waals surface area (Å²) in [6, 6.07) is 7.22. The fourth-order valence-corrected chi connectivity index (χ4v) is 1.74. The van der Waals surface area contributed by atoms with E-state index in [4.69, 9.17) is 4.74 Å². The van der Waals surface area contributed by atoms with Crippen molar-refractivity contribution in [2.75, 3.05) is 7.11 Å². The Labute approximate surface area is 114 Å². The molecule has 0 saturated heterocycles. The van der Waals surface area contributed by atoms with E-state index in [1.54, 1.807) is 19.2 Å². The van der Waals surface area contributed by atoms with Gasteiger partial charge in [0.05, 0.1) is 13.2 Å². The molecule has 19 heavy (non-hydrogen) atoms. The van der Waals surface area contributed by atoms with Crippen LogP contribution >= 0.6 is 0 Å². The van der Waals surface area contributed by atoms with Crippen LogP contribution in [0.4, 0.5) is 0 Å². The van der Waals surface area contributed by atoms with Crippen molar-refractivity contribution in [3.8, 4) is 5.75 Å². The minimum absolute atomic E-state index is 0.0416. The Bertz CT molecular complexity index is 406.